The summed E-state index contributed by atoms with van der Waals surface area (Å²) < 4.78 is 2.15. The molecule has 0 N–H and O–H groups in total. The number of aromatic nitrogens is 1. The largest absolute Gasteiger partial charge is 0.343 e. The zero-order valence-electron chi connectivity index (χ0n) is 17.2. The maximum atomic E-state index is 13.1. The Morgan fingerprint density at radius 2 is 1.75 bits per heavy atom. The molecule has 0 unspecified atom stereocenters. The van der Waals surface area contributed by atoms with Crippen LogP contribution in [0, 0.1) is 0 Å². The van der Waals surface area contributed by atoms with Crippen LogP contribution in [0.15, 0.2) is 36.4 Å². The summed E-state index contributed by atoms with van der Waals surface area (Å²) in [6.45, 7) is 9.97. The van der Waals surface area contributed by atoms with Gasteiger partial charge in [0.1, 0.15) is 5.69 Å². The van der Waals surface area contributed by atoms with Crippen LogP contribution in [0.5, 0.6) is 0 Å². The summed E-state index contributed by atoms with van der Waals surface area (Å²) in [5.74, 6) is 0.197. The van der Waals surface area contributed by atoms with Crippen molar-refractivity contribution >= 4 is 5.91 Å². The number of hydrogen-bond acceptors (Lipinski definition) is 3. The summed E-state index contributed by atoms with van der Waals surface area (Å²) in [6.07, 6.45) is 2.19. The summed E-state index contributed by atoms with van der Waals surface area (Å²) in [5, 5.41) is 0. The molecule has 2 aliphatic rings. The first-order valence-corrected chi connectivity index (χ1v) is 10.6. The van der Waals surface area contributed by atoms with Crippen molar-refractivity contribution in [2.24, 2.45) is 7.05 Å². The van der Waals surface area contributed by atoms with Gasteiger partial charge in [-0.2, -0.15) is 0 Å². The number of fused-ring (bicyclic) bond motifs is 1. The van der Waals surface area contributed by atoms with E-state index in [-0.39, 0.29) is 5.91 Å². The molecule has 0 saturated carbocycles. The fourth-order valence-electron chi connectivity index (χ4n) is 4.59. The van der Waals surface area contributed by atoms with Crippen LogP contribution in [0.1, 0.15) is 40.7 Å². The van der Waals surface area contributed by atoms with E-state index in [0.29, 0.717) is 0 Å². The van der Waals surface area contributed by atoms with E-state index < -0.39 is 0 Å². The van der Waals surface area contributed by atoms with Crippen molar-refractivity contribution in [1.82, 2.24) is 19.3 Å². The fraction of sp³-hybridized carbons (Fsp3) is 0.522. The standard InChI is InChI=1S/C23H32N4O/c1-3-10-25-12-14-27(15-13-25)23(28)22-16-20-18-26(11-9-21(20)24(22)2)17-19-7-5-4-6-8-19/h4-8,16H,3,9-15,17-18H2,1-2H3. The summed E-state index contributed by atoms with van der Waals surface area (Å²) >= 11 is 0. The van der Waals surface area contributed by atoms with Crippen LogP contribution in [-0.2, 0) is 26.6 Å². The van der Waals surface area contributed by atoms with Gasteiger partial charge in [-0.05, 0) is 30.2 Å². The quantitative estimate of drug-likeness (QED) is 0.799. The van der Waals surface area contributed by atoms with E-state index in [0.717, 1.165) is 64.5 Å². The van der Waals surface area contributed by atoms with Crippen LogP contribution in [0.3, 0.4) is 0 Å². The van der Waals surface area contributed by atoms with Crippen LogP contribution in [0.4, 0.5) is 0 Å². The molecule has 4 rings (SSSR count). The van der Waals surface area contributed by atoms with Crippen molar-refractivity contribution < 1.29 is 4.79 Å². The Labute approximate surface area is 168 Å². The average molecular weight is 381 g/mol. The molecule has 2 aliphatic heterocycles. The molecule has 0 aliphatic carbocycles. The minimum absolute atomic E-state index is 0.197. The lowest BCUT2D eigenvalue weighted by molar-refractivity contribution is 0.0628. The summed E-state index contributed by atoms with van der Waals surface area (Å²) in [6, 6.07) is 12.8. The molecule has 150 valence electrons. The second kappa shape index (κ2) is 8.50. The Morgan fingerprint density at radius 1 is 1.00 bits per heavy atom. The van der Waals surface area contributed by atoms with Crippen molar-refractivity contribution in [1.29, 1.82) is 0 Å². The molecule has 1 saturated heterocycles. The average Bonchev–Trinajstić information content (AvgIpc) is 3.05. The number of rotatable bonds is 5. The van der Waals surface area contributed by atoms with Gasteiger partial charge in [0.05, 0.1) is 0 Å². The first kappa shape index (κ1) is 19.2. The van der Waals surface area contributed by atoms with Crippen LogP contribution in [-0.4, -0.2) is 64.4 Å². The maximum absolute atomic E-state index is 13.1. The highest BCUT2D eigenvalue weighted by Gasteiger charge is 2.27. The zero-order chi connectivity index (χ0) is 19.5. The van der Waals surface area contributed by atoms with Crippen molar-refractivity contribution in [3.05, 3.63) is 58.9 Å². The van der Waals surface area contributed by atoms with Crippen molar-refractivity contribution in [3.8, 4) is 0 Å². The Morgan fingerprint density at radius 3 is 2.46 bits per heavy atom. The number of hydrogen-bond donors (Lipinski definition) is 0. The normalized spacial score (nSPS) is 18.3. The first-order chi connectivity index (χ1) is 13.7. The molecular formula is C23H32N4O. The molecule has 0 radical (unpaired) electrons. The highest BCUT2D eigenvalue weighted by atomic mass is 16.2. The lowest BCUT2D eigenvalue weighted by Gasteiger charge is -2.34. The van der Waals surface area contributed by atoms with Gasteiger partial charge in [0.25, 0.3) is 5.91 Å². The summed E-state index contributed by atoms with van der Waals surface area (Å²) in [7, 11) is 2.06. The Bertz CT molecular complexity index is 806. The van der Waals surface area contributed by atoms with Gasteiger partial charge in [-0.25, -0.2) is 0 Å². The number of nitrogens with zero attached hydrogens (tertiary/aromatic N) is 4. The number of carbonyl (C=O) groups is 1. The molecule has 3 heterocycles. The molecule has 0 bridgehead atoms. The van der Waals surface area contributed by atoms with Crippen molar-refractivity contribution in [2.75, 3.05) is 39.3 Å². The zero-order valence-corrected chi connectivity index (χ0v) is 17.2. The van der Waals surface area contributed by atoms with Gasteiger partial charge < -0.3 is 9.47 Å². The number of carbonyl (C=O) groups excluding carboxylic acids is 1. The van der Waals surface area contributed by atoms with E-state index in [1.807, 2.05) is 4.90 Å². The number of piperazine rings is 1. The summed E-state index contributed by atoms with van der Waals surface area (Å²) in [4.78, 5) is 20.1. The smallest absolute Gasteiger partial charge is 0.270 e. The molecular weight excluding hydrogens is 348 g/mol. The Hall–Kier alpha value is -2.11. The minimum Gasteiger partial charge on any atom is -0.343 e. The fourth-order valence-corrected chi connectivity index (χ4v) is 4.59. The Balaban J connectivity index is 1.43. The minimum atomic E-state index is 0.197. The highest BCUT2D eigenvalue weighted by Crippen LogP contribution is 2.25. The van der Waals surface area contributed by atoms with Gasteiger partial charge >= 0.3 is 0 Å². The van der Waals surface area contributed by atoms with E-state index in [1.165, 1.54) is 23.2 Å². The Kier molecular flexibility index (Phi) is 5.83. The van der Waals surface area contributed by atoms with Crippen LogP contribution in [0.2, 0.25) is 0 Å². The topological polar surface area (TPSA) is 31.7 Å². The van der Waals surface area contributed by atoms with Crippen LogP contribution in [0.25, 0.3) is 0 Å². The van der Waals surface area contributed by atoms with Gasteiger partial charge in [0.15, 0.2) is 0 Å². The van der Waals surface area contributed by atoms with Crippen molar-refractivity contribution in [3.63, 3.8) is 0 Å². The molecule has 0 spiro atoms. The van der Waals surface area contributed by atoms with E-state index in [4.69, 9.17) is 0 Å². The second-order valence-corrected chi connectivity index (χ2v) is 8.14. The molecule has 1 aromatic heterocycles. The molecule has 1 aromatic carbocycles. The molecule has 0 atom stereocenters. The molecule has 1 fully saturated rings. The van der Waals surface area contributed by atoms with Gasteiger partial charge in [0.2, 0.25) is 0 Å². The maximum Gasteiger partial charge on any atom is 0.270 e. The third-order valence-electron chi connectivity index (χ3n) is 6.17. The predicted octanol–water partition coefficient (Wildman–Crippen LogP) is 2.75. The molecule has 5 nitrogen and oxygen atoms in total. The lowest BCUT2D eigenvalue weighted by atomic mass is 10.1. The summed E-state index contributed by atoms with van der Waals surface area (Å²) in [5.41, 5.74) is 4.86. The van der Waals surface area contributed by atoms with E-state index in [2.05, 4.69) is 64.7 Å². The molecule has 2 aromatic rings. The molecule has 1 amide bonds. The first-order valence-electron chi connectivity index (χ1n) is 10.6. The monoisotopic (exact) mass is 380 g/mol. The van der Waals surface area contributed by atoms with E-state index in [9.17, 15) is 4.79 Å². The SMILES string of the molecule is CCCN1CCN(C(=O)c2cc3c(n2C)CCN(Cc2ccccc2)C3)CC1. The van der Waals surface area contributed by atoms with Crippen LogP contribution < -0.4 is 0 Å². The second-order valence-electron chi connectivity index (χ2n) is 8.14. The number of benzene rings is 1. The lowest BCUT2D eigenvalue weighted by Crippen LogP contribution is -2.49. The third-order valence-corrected chi connectivity index (χ3v) is 6.17. The van der Waals surface area contributed by atoms with Crippen molar-refractivity contribution in [2.45, 2.75) is 32.9 Å². The third kappa shape index (κ3) is 4.01. The van der Waals surface area contributed by atoms with Gasteiger partial charge in [-0.1, -0.05) is 37.3 Å². The molecule has 5 heteroatoms. The highest BCUT2D eigenvalue weighted by molar-refractivity contribution is 5.93. The van der Waals surface area contributed by atoms with E-state index in [1.54, 1.807) is 0 Å². The van der Waals surface area contributed by atoms with Gasteiger partial charge in [-0.3, -0.25) is 14.6 Å². The number of amides is 1. The molecule has 28 heavy (non-hydrogen) atoms. The van der Waals surface area contributed by atoms with E-state index >= 15 is 0 Å². The van der Waals surface area contributed by atoms with Gasteiger partial charge in [0, 0.05) is 65.0 Å². The van der Waals surface area contributed by atoms with Crippen LogP contribution >= 0.6 is 0 Å². The van der Waals surface area contributed by atoms with Gasteiger partial charge in [-0.15, -0.1) is 0 Å². The predicted molar refractivity (Wildman–Crippen MR) is 112 cm³/mol.